The van der Waals surface area contributed by atoms with E-state index in [2.05, 4.69) is 20.8 Å². The second-order valence-corrected chi connectivity index (χ2v) is 6.18. The quantitative estimate of drug-likeness (QED) is 0.800. The molecule has 3 heteroatoms. The van der Waals surface area contributed by atoms with Crippen molar-refractivity contribution in [3.05, 3.63) is 46.4 Å². The third kappa shape index (κ3) is 2.93. The van der Waals surface area contributed by atoms with Gasteiger partial charge in [0.15, 0.2) is 0 Å². The summed E-state index contributed by atoms with van der Waals surface area (Å²) in [6.07, 6.45) is 2.86. The van der Waals surface area contributed by atoms with Crippen molar-refractivity contribution in [2.24, 2.45) is 0 Å². The van der Waals surface area contributed by atoms with Gasteiger partial charge in [0, 0.05) is 31.8 Å². The van der Waals surface area contributed by atoms with Gasteiger partial charge in [0.25, 0.3) is 5.56 Å². The molecule has 1 aromatic heterocycles. The summed E-state index contributed by atoms with van der Waals surface area (Å²) in [7, 11) is 1.68. The first-order valence-corrected chi connectivity index (χ1v) is 7.07. The van der Waals surface area contributed by atoms with Crippen LogP contribution in [0.15, 0.2) is 35.3 Å². The summed E-state index contributed by atoms with van der Waals surface area (Å²) in [5.41, 5.74) is 1.31. The Hall–Kier alpha value is -1.61. The van der Waals surface area contributed by atoms with Gasteiger partial charge in [-0.1, -0.05) is 39.0 Å². The van der Waals surface area contributed by atoms with Crippen molar-refractivity contribution in [1.29, 1.82) is 0 Å². The Kier molecular flexibility index (Phi) is 4.29. The molecule has 0 radical (unpaired) electrons. The van der Waals surface area contributed by atoms with Gasteiger partial charge in [-0.25, -0.2) is 0 Å². The fourth-order valence-corrected chi connectivity index (χ4v) is 2.49. The maximum absolute atomic E-state index is 12.5. The molecule has 0 N–H and O–H groups in total. The smallest absolute Gasteiger partial charge is 0.258 e. The lowest BCUT2D eigenvalue weighted by Crippen LogP contribution is -2.24. The van der Waals surface area contributed by atoms with Gasteiger partial charge in [0.1, 0.15) is 0 Å². The summed E-state index contributed by atoms with van der Waals surface area (Å²) < 4.78 is 6.89. The highest BCUT2D eigenvalue weighted by Gasteiger charge is 2.19. The molecule has 0 aliphatic rings. The van der Waals surface area contributed by atoms with Crippen LogP contribution < -0.4 is 5.56 Å². The topological polar surface area (TPSA) is 31.2 Å². The van der Waals surface area contributed by atoms with Crippen molar-refractivity contribution >= 4 is 10.8 Å². The van der Waals surface area contributed by atoms with Gasteiger partial charge >= 0.3 is 0 Å². The van der Waals surface area contributed by atoms with Crippen molar-refractivity contribution < 1.29 is 4.74 Å². The van der Waals surface area contributed by atoms with Crippen LogP contribution in [-0.4, -0.2) is 18.3 Å². The van der Waals surface area contributed by atoms with E-state index in [0.29, 0.717) is 13.2 Å². The molecule has 0 saturated carbocycles. The Balaban J connectivity index is 2.60. The molecular formula is C17H23NO2. The fraction of sp³-hybridized carbons (Fsp3) is 0.471. The van der Waals surface area contributed by atoms with Gasteiger partial charge in [-0.05, 0) is 28.9 Å². The second-order valence-electron chi connectivity index (χ2n) is 6.18. The Morgan fingerprint density at radius 3 is 2.40 bits per heavy atom. The van der Waals surface area contributed by atoms with Gasteiger partial charge in [-0.2, -0.15) is 0 Å². The van der Waals surface area contributed by atoms with Crippen LogP contribution in [0.3, 0.4) is 0 Å². The second kappa shape index (κ2) is 5.80. The Morgan fingerprint density at radius 1 is 1.15 bits per heavy atom. The van der Waals surface area contributed by atoms with Crippen molar-refractivity contribution in [1.82, 2.24) is 4.57 Å². The minimum absolute atomic E-state index is 0.0102. The lowest BCUT2D eigenvalue weighted by molar-refractivity contribution is 0.190. The molecule has 1 heterocycles. The van der Waals surface area contributed by atoms with Crippen LogP contribution in [0.1, 0.15) is 32.8 Å². The number of ether oxygens (including phenoxy) is 1. The molecule has 3 nitrogen and oxygen atoms in total. The van der Waals surface area contributed by atoms with E-state index in [0.717, 1.165) is 17.2 Å². The molecule has 0 fully saturated rings. The highest BCUT2D eigenvalue weighted by Crippen LogP contribution is 2.28. The molecule has 0 aliphatic heterocycles. The summed E-state index contributed by atoms with van der Waals surface area (Å²) in [5, 5.41) is 1.87. The SMILES string of the molecule is COCCCn1cc(C(C)(C)C)c2ccccc2c1=O. The maximum Gasteiger partial charge on any atom is 0.258 e. The lowest BCUT2D eigenvalue weighted by Gasteiger charge is -2.23. The predicted molar refractivity (Wildman–Crippen MR) is 83.4 cm³/mol. The molecule has 2 rings (SSSR count). The minimum atomic E-state index is 0.0102. The summed E-state index contributed by atoms with van der Waals surface area (Å²) in [6.45, 7) is 7.90. The van der Waals surface area contributed by atoms with E-state index in [-0.39, 0.29) is 11.0 Å². The molecule has 0 spiro atoms. The molecule has 0 aliphatic carbocycles. The van der Waals surface area contributed by atoms with E-state index in [1.54, 1.807) is 7.11 Å². The number of hydrogen-bond donors (Lipinski definition) is 0. The van der Waals surface area contributed by atoms with Gasteiger partial charge in [0.2, 0.25) is 0 Å². The van der Waals surface area contributed by atoms with E-state index in [4.69, 9.17) is 4.74 Å². The van der Waals surface area contributed by atoms with Crippen molar-refractivity contribution in [2.45, 2.75) is 39.2 Å². The first-order chi connectivity index (χ1) is 9.45. The molecule has 1 aromatic carbocycles. The highest BCUT2D eigenvalue weighted by molar-refractivity contribution is 5.85. The number of methoxy groups -OCH3 is 1. The minimum Gasteiger partial charge on any atom is -0.385 e. The van der Waals surface area contributed by atoms with Gasteiger partial charge in [0.05, 0.1) is 0 Å². The van der Waals surface area contributed by atoms with Crippen LogP contribution in [0.4, 0.5) is 0 Å². The molecule has 0 amide bonds. The lowest BCUT2D eigenvalue weighted by atomic mass is 9.85. The first kappa shape index (κ1) is 14.8. The third-order valence-corrected chi connectivity index (χ3v) is 3.55. The summed E-state index contributed by atoms with van der Waals surface area (Å²) in [6, 6.07) is 7.87. The molecule has 0 atom stereocenters. The van der Waals surface area contributed by atoms with E-state index >= 15 is 0 Å². The molecule has 20 heavy (non-hydrogen) atoms. The molecule has 108 valence electrons. The van der Waals surface area contributed by atoms with Crippen LogP contribution >= 0.6 is 0 Å². The Morgan fingerprint density at radius 2 is 1.80 bits per heavy atom. The summed E-state index contributed by atoms with van der Waals surface area (Å²) in [4.78, 5) is 12.5. The van der Waals surface area contributed by atoms with Crippen LogP contribution in [0.25, 0.3) is 10.8 Å². The highest BCUT2D eigenvalue weighted by atomic mass is 16.5. The molecular weight excluding hydrogens is 250 g/mol. The van der Waals surface area contributed by atoms with Crippen LogP contribution in [-0.2, 0) is 16.7 Å². The van der Waals surface area contributed by atoms with Gasteiger partial charge in [-0.15, -0.1) is 0 Å². The summed E-state index contributed by atoms with van der Waals surface area (Å²) in [5.74, 6) is 0. The fourth-order valence-electron chi connectivity index (χ4n) is 2.49. The molecule has 0 saturated heterocycles. The number of hydrogen-bond acceptors (Lipinski definition) is 2. The largest absolute Gasteiger partial charge is 0.385 e. The van der Waals surface area contributed by atoms with Crippen LogP contribution in [0, 0.1) is 0 Å². The van der Waals surface area contributed by atoms with Crippen LogP contribution in [0.2, 0.25) is 0 Å². The average Bonchev–Trinajstić information content (AvgIpc) is 2.40. The number of nitrogens with zero attached hydrogens (tertiary/aromatic N) is 1. The molecule has 0 unspecified atom stereocenters. The summed E-state index contributed by atoms with van der Waals surface area (Å²) >= 11 is 0. The number of fused-ring (bicyclic) bond motifs is 1. The number of aromatic nitrogens is 1. The van der Waals surface area contributed by atoms with Gasteiger partial charge in [-0.3, -0.25) is 4.79 Å². The molecule has 2 aromatic rings. The van der Waals surface area contributed by atoms with E-state index in [9.17, 15) is 4.79 Å². The first-order valence-electron chi connectivity index (χ1n) is 7.07. The zero-order valence-electron chi connectivity index (χ0n) is 12.8. The Labute approximate surface area is 120 Å². The van der Waals surface area contributed by atoms with E-state index in [1.165, 1.54) is 5.56 Å². The monoisotopic (exact) mass is 273 g/mol. The van der Waals surface area contributed by atoms with Crippen molar-refractivity contribution in [3.63, 3.8) is 0 Å². The van der Waals surface area contributed by atoms with Crippen molar-refractivity contribution in [2.75, 3.05) is 13.7 Å². The zero-order valence-corrected chi connectivity index (χ0v) is 12.8. The van der Waals surface area contributed by atoms with E-state index in [1.807, 2.05) is 35.0 Å². The normalized spacial score (nSPS) is 12.0. The Bertz CT molecular complexity index is 650. The van der Waals surface area contributed by atoms with Crippen molar-refractivity contribution in [3.8, 4) is 0 Å². The standard InChI is InChI=1S/C17H23NO2/c1-17(2,3)15-12-18(10-7-11-20-4)16(19)14-9-6-5-8-13(14)15/h5-6,8-9,12H,7,10-11H2,1-4H3. The number of rotatable bonds is 4. The average molecular weight is 273 g/mol. The zero-order chi connectivity index (χ0) is 14.8. The van der Waals surface area contributed by atoms with E-state index < -0.39 is 0 Å². The number of pyridine rings is 1. The van der Waals surface area contributed by atoms with Gasteiger partial charge < -0.3 is 9.30 Å². The maximum atomic E-state index is 12.5. The molecule has 0 bridgehead atoms. The number of benzene rings is 1. The predicted octanol–water partition coefficient (Wildman–Crippen LogP) is 3.34. The van der Waals surface area contributed by atoms with Crippen LogP contribution in [0.5, 0.6) is 0 Å². The number of aryl methyl sites for hydroxylation is 1. The third-order valence-electron chi connectivity index (χ3n) is 3.55.